The summed E-state index contributed by atoms with van der Waals surface area (Å²) >= 11 is 5.88. The first kappa shape index (κ1) is 11.4. The van der Waals surface area contributed by atoms with Gasteiger partial charge >= 0.3 is 0 Å². The Kier molecular flexibility index (Phi) is 3.46. The standard InChI is InChI=1S/C12H12ClFO2/c13-11-6-9(14)3-4-10(11)12(15)8-2-1-5-16-7-8/h3-4,6-7,12,15H,1-2,5H2. The third-order valence-electron chi connectivity index (χ3n) is 2.57. The third kappa shape index (κ3) is 2.36. The molecule has 0 radical (unpaired) electrons. The van der Waals surface area contributed by atoms with Crippen molar-refractivity contribution in [3.8, 4) is 0 Å². The smallest absolute Gasteiger partial charge is 0.124 e. The highest BCUT2D eigenvalue weighted by atomic mass is 35.5. The number of rotatable bonds is 2. The van der Waals surface area contributed by atoms with Gasteiger partial charge in [-0.15, -0.1) is 0 Å². The third-order valence-corrected chi connectivity index (χ3v) is 2.90. The molecule has 0 aromatic heterocycles. The molecule has 4 heteroatoms. The average molecular weight is 243 g/mol. The zero-order chi connectivity index (χ0) is 11.5. The second-order valence-corrected chi connectivity index (χ2v) is 4.14. The number of ether oxygens (including phenoxy) is 1. The van der Waals surface area contributed by atoms with E-state index in [4.69, 9.17) is 16.3 Å². The van der Waals surface area contributed by atoms with Gasteiger partial charge in [0.2, 0.25) is 0 Å². The van der Waals surface area contributed by atoms with Gasteiger partial charge in [0, 0.05) is 10.6 Å². The summed E-state index contributed by atoms with van der Waals surface area (Å²) in [7, 11) is 0. The van der Waals surface area contributed by atoms with Crippen LogP contribution in [0.1, 0.15) is 24.5 Å². The number of hydrogen-bond acceptors (Lipinski definition) is 2. The van der Waals surface area contributed by atoms with Crippen LogP contribution in [0.4, 0.5) is 4.39 Å². The molecule has 0 amide bonds. The molecule has 1 aliphatic rings. The van der Waals surface area contributed by atoms with E-state index < -0.39 is 11.9 Å². The van der Waals surface area contributed by atoms with E-state index >= 15 is 0 Å². The highest BCUT2D eigenvalue weighted by Crippen LogP contribution is 2.32. The van der Waals surface area contributed by atoms with Crippen molar-refractivity contribution in [2.24, 2.45) is 0 Å². The maximum Gasteiger partial charge on any atom is 0.124 e. The summed E-state index contributed by atoms with van der Waals surface area (Å²) in [5, 5.41) is 10.3. The van der Waals surface area contributed by atoms with E-state index in [-0.39, 0.29) is 5.02 Å². The molecule has 0 saturated heterocycles. The van der Waals surface area contributed by atoms with Gasteiger partial charge in [0.1, 0.15) is 11.9 Å². The predicted octanol–water partition coefficient (Wildman–Crippen LogP) is 3.21. The van der Waals surface area contributed by atoms with Crippen LogP contribution in [0.3, 0.4) is 0 Å². The molecule has 1 aromatic carbocycles. The van der Waals surface area contributed by atoms with Crippen LogP contribution >= 0.6 is 11.6 Å². The Labute approximate surface area is 98.3 Å². The fraction of sp³-hybridized carbons (Fsp3) is 0.333. The van der Waals surface area contributed by atoms with Gasteiger partial charge in [-0.05, 0) is 30.5 Å². The summed E-state index contributed by atoms with van der Waals surface area (Å²) in [4.78, 5) is 0. The fourth-order valence-corrected chi connectivity index (χ4v) is 1.98. The quantitative estimate of drug-likeness (QED) is 0.863. The highest BCUT2D eigenvalue weighted by molar-refractivity contribution is 6.31. The minimum Gasteiger partial charge on any atom is -0.501 e. The summed E-state index contributed by atoms with van der Waals surface area (Å²) in [5.41, 5.74) is 1.29. The first-order chi connectivity index (χ1) is 7.68. The molecule has 16 heavy (non-hydrogen) atoms. The van der Waals surface area contributed by atoms with E-state index in [1.54, 1.807) is 6.26 Å². The van der Waals surface area contributed by atoms with Crippen LogP contribution in [0.2, 0.25) is 5.02 Å². The van der Waals surface area contributed by atoms with Gasteiger partial charge in [0.05, 0.1) is 12.9 Å². The van der Waals surface area contributed by atoms with Gasteiger partial charge in [0.25, 0.3) is 0 Å². The number of halogens is 2. The lowest BCUT2D eigenvalue weighted by atomic mass is 9.98. The first-order valence-corrected chi connectivity index (χ1v) is 5.50. The molecule has 0 bridgehead atoms. The van der Waals surface area contributed by atoms with Gasteiger partial charge in [0.15, 0.2) is 0 Å². The molecule has 0 fully saturated rings. The summed E-state index contributed by atoms with van der Waals surface area (Å²) in [5.74, 6) is -0.408. The molecule has 2 nitrogen and oxygen atoms in total. The van der Waals surface area contributed by atoms with E-state index in [0.717, 1.165) is 18.4 Å². The maximum absolute atomic E-state index is 12.8. The van der Waals surface area contributed by atoms with E-state index in [1.165, 1.54) is 18.2 Å². The normalized spacial score (nSPS) is 17.6. The molecule has 1 heterocycles. The van der Waals surface area contributed by atoms with Crippen LogP contribution in [0.5, 0.6) is 0 Å². The van der Waals surface area contributed by atoms with Gasteiger partial charge in [-0.25, -0.2) is 4.39 Å². The SMILES string of the molecule is OC(C1=COCCC1)c1ccc(F)cc1Cl. The van der Waals surface area contributed by atoms with E-state index in [1.807, 2.05) is 0 Å². The van der Waals surface area contributed by atoms with Crippen molar-refractivity contribution >= 4 is 11.6 Å². The minimum absolute atomic E-state index is 0.235. The second kappa shape index (κ2) is 4.85. The Morgan fingerprint density at radius 2 is 2.25 bits per heavy atom. The van der Waals surface area contributed by atoms with Crippen LogP contribution in [0, 0.1) is 5.82 Å². The van der Waals surface area contributed by atoms with E-state index in [2.05, 4.69) is 0 Å². The summed E-state index contributed by atoms with van der Waals surface area (Å²) < 4.78 is 18.0. The van der Waals surface area contributed by atoms with Crippen molar-refractivity contribution in [2.45, 2.75) is 18.9 Å². The Balaban J connectivity index is 2.26. The topological polar surface area (TPSA) is 29.5 Å². The molecule has 1 aliphatic heterocycles. The highest BCUT2D eigenvalue weighted by Gasteiger charge is 2.18. The van der Waals surface area contributed by atoms with Gasteiger partial charge in [-0.1, -0.05) is 17.7 Å². The molecule has 86 valence electrons. The molecule has 1 unspecified atom stereocenters. The molecule has 1 atom stereocenters. The lowest BCUT2D eigenvalue weighted by Gasteiger charge is -2.19. The van der Waals surface area contributed by atoms with Crippen LogP contribution in [0.15, 0.2) is 30.0 Å². The second-order valence-electron chi connectivity index (χ2n) is 3.74. The van der Waals surface area contributed by atoms with Crippen LogP contribution in [0.25, 0.3) is 0 Å². The van der Waals surface area contributed by atoms with E-state index in [0.29, 0.717) is 12.2 Å². The lowest BCUT2D eigenvalue weighted by Crippen LogP contribution is -2.08. The fourth-order valence-electron chi connectivity index (χ4n) is 1.71. The van der Waals surface area contributed by atoms with Gasteiger partial charge < -0.3 is 9.84 Å². The Hall–Kier alpha value is -1.06. The number of aliphatic hydroxyl groups excluding tert-OH is 1. The number of aliphatic hydroxyl groups is 1. The molecule has 2 rings (SSSR count). The number of hydrogen-bond donors (Lipinski definition) is 1. The summed E-state index contributed by atoms with van der Waals surface area (Å²) in [6.45, 7) is 0.674. The van der Waals surface area contributed by atoms with Crippen LogP contribution < -0.4 is 0 Å². The molecule has 0 saturated carbocycles. The van der Waals surface area contributed by atoms with Crippen molar-refractivity contribution in [1.82, 2.24) is 0 Å². The Morgan fingerprint density at radius 3 is 2.88 bits per heavy atom. The Morgan fingerprint density at radius 1 is 1.44 bits per heavy atom. The summed E-state index contributed by atoms with van der Waals surface area (Å²) in [6, 6.07) is 3.98. The molecular formula is C12H12ClFO2. The average Bonchev–Trinajstić information content (AvgIpc) is 2.29. The monoisotopic (exact) mass is 242 g/mol. The van der Waals surface area contributed by atoms with Crippen molar-refractivity contribution in [3.05, 3.63) is 46.4 Å². The van der Waals surface area contributed by atoms with E-state index in [9.17, 15) is 9.50 Å². The van der Waals surface area contributed by atoms with Gasteiger partial charge in [-0.2, -0.15) is 0 Å². The molecule has 1 N–H and O–H groups in total. The zero-order valence-electron chi connectivity index (χ0n) is 8.62. The predicted molar refractivity (Wildman–Crippen MR) is 59.6 cm³/mol. The zero-order valence-corrected chi connectivity index (χ0v) is 9.38. The first-order valence-electron chi connectivity index (χ1n) is 5.12. The van der Waals surface area contributed by atoms with Crippen LogP contribution in [-0.4, -0.2) is 11.7 Å². The maximum atomic E-state index is 12.8. The van der Waals surface area contributed by atoms with Crippen molar-refractivity contribution in [2.75, 3.05) is 6.61 Å². The molecule has 1 aromatic rings. The minimum atomic E-state index is -0.812. The van der Waals surface area contributed by atoms with Crippen molar-refractivity contribution in [3.63, 3.8) is 0 Å². The number of benzene rings is 1. The molecule has 0 aliphatic carbocycles. The molecule has 0 spiro atoms. The van der Waals surface area contributed by atoms with Gasteiger partial charge in [-0.3, -0.25) is 0 Å². The Bertz CT molecular complexity index is 417. The summed E-state index contributed by atoms with van der Waals surface area (Å²) in [6.07, 6.45) is 2.40. The largest absolute Gasteiger partial charge is 0.501 e. The molecular weight excluding hydrogens is 231 g/mol. The lowest BCUT2D eigenvalue weighted by molar-refractivity contribution is 0.170. The van der Waals surface area contributed by atoms with Crippen molar-refractivity contribution < 1.29 is 14.2 Å². The van der Waals surface area contributed by atoms with Crippen LogP contribution in [-0.2, 0) is 4.74 Å². The van der Waals surface area contributed by atoms with Crippen molar-refractivity contribution in [1.29, 1.82) is 0 Å².